The van der Waals surface area contributed by atoms with Crippen molar-refractivity contribution in [1.29, 1.82) is 0 Å². The molecule has 1 aliphatic heterocycles. The van der Waals surface area contributed by atoms with Gasteiger partial charge in [0.15, 0.2) is 0 Å². The van der Waals surface area contributed by atoms with Gasteiger partial charge in [-0.05, 0) is 55.7 Å². The summed E-state index contributed by atoms with van der Waals surface area (Å²) in [6.07, 6.45) is -4.10. The van der Waals surface area contributed by atoms with Gasteiger partial charge in [-0.15, -0.1) is 0 Å². The predicted molar refractivity (Wildman–Crippen MR) is 100 cm³/mol. The third-order valence-corrected chi connectivity index (χ3v) is 4.66. The van der Waals surface area contributed by atoms with Crippen molar-refractivity contribution in [3.63, 3.8) is 0 Å². The summed E-state index contributed by atoms with van der Waals surface area (Å²) >= 11 is 0. The van der Waals surface area contributed by atoms with E-state index in [2.05, 4.69) is 10.6 Å². The van der Waals surface area contributed by atoms with Gasteiger partial charge >= 0.3 is 12.1 Å². The van der Waals surface area contributed by atoms with Crippen molar-refractivity contribution in [1.82, 2.24) is 0 Å². The Kier molecular flexibility index (Phi) is 5.78. The van der Waals surface area contributed by atoms with Crippen LogP contribution in [0.25, 0.3) is 0 Å². The monoisotopic (exact) mass is 408 g/mol. The number of aromatic carboxylic acids is 1. The first-order valence-electron chi connectivity index (χ1n) is 8.90. The van der Waals surface area contributed by atoms with Gasteiger partial charge in [0, 0.05) is 12.3 Å². The largest absolute Gasteiger partial charge is 0.478 e. The topological polar surface area (TPSA) is 87.7 Å². The summed E-state index contributed by atoms with van der Waals surface area (Å²) in [7, 11) is 0. The zero-order valence-electron chi connectivity index (χ0n) is 15.5. The highest BCUT2D eigenvalue weighted by Crippen LogP contribution is 2.36. The fraction of sp³-hybridized carbons (Fsp3) is 0.300. The first-order valence-corrected chi connectivity index (χ1v) is 8.90. The maximum atomic E-state index is 13.1. The molecule has 2 aromatic rings. The van der Waals surface area contributed by atoms with Gasteiger partial charge in [0.1, 0.15) is 6.10 Å². The number of benzene rings is 2. The standard InChI is InChI=1S/C20H19F3N2O4/c1-11-13(19(27)28)4-2-5-14(11)24-15-8-7-12(20(21,22)23)10-16(15)25-18(26)17-6-3-9-29-17/h2,4-5,7-8,10,17,24H,3,6,9H2,1H3,(H,25,26)(H,27,28)/t17-/m1/s1. The fourth-order valence-corrected chi connectivity index (χ4v) is 3.08. The van der Waals surface area contributed by atoms with Gasteiger partial charge in [0.2, 0.25) is 0 Å². The molecule has 0 saturated carbocycles. The van der Waals surface area contributed by atoms with Crippen LogP contribution in [0.4, 0.5) is 30.2 Å². The summed E-state index contributed by atoms with van der Waals surface area (Å²) in [5.41, 5.74) is 0.0950. The Labute approximate surface area is 164 Å². The lowest BCUT2D eigenvalue weighted by Gasteiger charge is -2.19. The van der Waals surface area contributed by atoms with E-state index in [-0.39, 0.29) is 16.9 Å². The highest BCUT2D eigenvalue weighted by atomic mass is 19.4. The lowest BCUT2D eigenvalue weighted by Crippen LogP contribution is -2.27. The third-order valence-electron chi connectivity index (χ3n) is 4.66. The number of rotatable bonds is 5. The Morgan fingerprint density at radius 2 is 1.90 bits per heavy atom. The number of ether oxygens (including phenoxy) is 1. The molecular weight excluding hydrogens is 389 g/mol. The maximum Gasteiger partial charge on any atom is 0.416 e. The van der Waals surface area contributed by atoms with E-state index in [1.54, 1.807) is 13.0 Å². The van der Waals surface area contributed by atoms with E-state index >= 15 is 0 Å². The number of alkyl halides is 3. The van der Waals surface area contributed by atoms with Crippen molar-refractivity contribution >= 4 is 28.9 Å². The second kappa shape index (κ2) is 8.12. The van der Waals surface area contributed by atoms with E-state index in [0.717, 1.165) is 12.1 Å². The molecule has 1 aliphatic rings. The van der Waals surface area contributed by atoms with Gasteiger partial charge in [-0.3, -0.25) is 4.79 Å². The second-order valence-corrected chi connectivity index (χ2v) is 6.66. The predicted octanol–water partition coefficient (Wildman–Crippen LogP) is 4.57. The molecule has 0 spiro atoms. The highest BCUT2D eigenvalue weighted by molar-refractivity contribution is 5.98. The quantitative estimate of drug-likeness (QED) is 0.675. The van der Waals surface area contributed by atoms with Gasteiger partial charge in [0.25, 0.3) is 5.91 Å². The van der Waals surface area contributed by atoms with Crippen LogP contribution in [-0.2, 0) is 15.7 Å². The van der Waals surface area contributed by atoms with Crippen molar-refractivity contribution in [2.24, 2.45) is 0 Å². The van der Waals surface area contributed by atoms with Crippen LogP contribution in [0.3, 0.4) is 0 Å². The van der Waals surface area contributed by atoms with Crippen molar-refractivity contribution in [3.05, 3.63) is 53.1 Å². The Bertz CT molecular complexity index is 938. The molecule has 1 fully saturated rings. The molecule has 0 radical (unpaired) electrons. The molecule has 3 rings (SSSR count). The first-order chi connectivity index (χ1) is 13.7. The van der Waals surface area contributed by atoms with Crippen molar-refractivity contribution in [2.75, 3.05) is 17.2 Å². The molecule has 0 bridgehead atoms. The van der Waals surface area contributed by atoms with Gasteiger partial charge < -0.3 is 20.5 Å². The van der Waals surface area contributed by atoms with Gasteiger partial charge in [0.05, 0.1) is 22.5 Å². The Balaban J connectivity index is 1.96. The first kappa shape index (κ1) is 20.7. The zero-order chi connectivity index (χ0) is 21.2. The Morgan fingerprint density at radius 3 is 2.52 bits per heavy atom. The number of carboxylic acids is 1. The number of hydrogen-bond acceptors (Lipinski definition) is 4. The molecule has 1 heterocycles. The second-order valence-electron chi connectivity index (χ2n) is 6.66. The van der Waals surface area contributed by atoms with Crippen LogP contribution in [0, 0.1) is 6.92 Å². The molecule has 3 N–H and O–H groups in total. The average Bonchev–Trinajstić information content (AvgIpc) is 3.18. The molecule has 154 valence electrons. The summed E-state index contributed by atoms with van der Waals surface area (Å²) in [5, 5.41) is 14.7. The zero-order valence-corrected chi connectivity index (χ0v) is 15.5. The van der Waals surface area contributed by atoms with Gasteiger partial charge in [-0.25, -0.2) is 4.79 Å². The van der Waals surface area contributed by atoms with E-state index in [4.69, 9.17) is 4.74 Å². The molecule has 9 heteroatoms. The number of nitrogens with one attached hydrogen (secondary N) is 2. The number of halogens is 3. The fourth-order valence-electron chi connectivity index (χ4n) is 3.08. The van der Waals surface area contributed by atoms with Crippen LogP contribution >= 0.6 is 0 Å². The normalized spacial score (nSPS) is 16.5. The maximum absolute atomic E-state index is 13.1. The van der Waals surface area contributed by atoms with Gasteiger partial charge in [-0.2, -0.15) is 13.2 Å². The summed E-state index contributed by atoms with van der Waals surface area (Å²) in [6.45, 7) is 2.01. The molecule has 0 aliphatic carbocycles. The van der Waals surface area contributed by atoms with Crippen molar-refractivity contribution in [3.8, 4) is 0 Å². The summed E-state index contributed by atoms with van der Waals surface area (Å²) in [6, 6.07) is 7.47. The number of anilines is 3. The minimum atomic E-state index is -4.58. The molecule has 29 heavy (non-hydrogen) atoms. The van der Waals surface area contributed by atoms with E-state index < -0.39 is 29.7 Å². The number of carbonyl (C=O) groups excluding carboxylic acids is 1. The van der Waals surface area contributed by atoms with Crippen molar-refractivity contribution < 1.29 is 32.6 Å². The lowest BCUT2D eigenvalue weighted by molar-refractivity contribution is -0.137. The number of carboxylic acid groups (broad SMARTS) is 1. The number of hydrogen-bond donors (Lipinski definition) is 3. The van der Waals surface area contributed by atoms with E-state index in [9.17, 15) is 27.9 Å². The van der Waals surface area contributed by atoms with E-state index in [0.29, 0.717) is 30.7 Å². The smallest absolute Gasteiger partial charge is 0.416 e. The average molecular weight is 408 g/mol. The van der Waals surface area contributed by atoms with Crippen LogP contribution in [-0.4, -0.2) is 29.7 Å². The van der Waals surface area contributed by atoms with Crippen LogP contribution in [0.2, 0.25) is 0 Å². The minimum Gasteiger partial charge on any atom is -0.478 e. The third kappa shape index (κ3) is 4.68. The molecule has 1 saturated heterocycles. The summed E-state index contributed by atoms with van der Waals surface area (Å²) in [4.78, 5) is 23.7. The van der Waals surface area contributed by atoms with E-state index in [1.807, 2.05) is 0 Å². The molecule has 1 amide bonds. The minimum absolute atomic E-state index is 0.0619. The van der Waals surface area contributed by atoms with Crippen LogP contribution in [0.5, 0.6) is 0 Å². The number of carbonyl (C=O) groups is 2. The van der Waals surface area contributed by atoms with Crippen molar-refractivity contribution in [2.45, 2.75) is 32.0 Å². The van der Waals surface area contributed by atoms with Crippen LogP contribution in [0.15, 0.2) is 36.4 Å². The molecule has 0 unspecified atom stereocenters. The molecule has 6 nitrogen and oxygen atoms in total. The number of amides is 1. The van der Waals surface area contributed by atoms with Crippen LogP contribution < -0.4 is 10.6 Å². The van der Waals surface area contributed by atoms with Crippen LogP contribution in [0.1, 0.15) is 34.3 Å². The summed E-state index contributed by atoms with van der Waals surface area (Å²) in [5.74, 6) is -1.65. The molecule has 1 atom stereocenters. The highest BCUT2D eigenvalue weighted by Gasteiger charge is 2.32. The lowest BCUT2D eigenvalue weighted by atomic mass is 10.1. The molecule has 2 aromatic carbocycles. The summed E-state index contributed by atoms with van der Waals surface area (Å²) < 4.78 is 44.7. The Hall–Kier alpha value is -3.07. The SMILES string of the molecule is Cc1c(Nc2ccc(C(F)(F)F)cc2NC(=O)[C@H]2CCCO2)cccc1C(=O)O. The molecular formula is C20H19F3N2O4. The van der Waals surface area contributed by atoms with Gasteiger partial charge in [-0.1, -0.05) is 6.07 Å². The Morgan fingerprint density at radius 1 is 1.14 bits per heavy atom. The van der Waals surface area contributed by atoms with E-state index in [1.165, 1.54) is 18.2 Å². The molecule has 0 aromatic heterocycles.